The SMILES string of the molecule is Cc1cc(CN(C)c2cccc(C(=O)O)c2)cc2c1nc(C)n2Cc1ccc(Cl)cc1Cl. The summed E-state index contributed by atoms with van der Waals surface area (Å²) in [5.41, 5.74) is 6.30. The molecule has 0 amide bonds. The van der Waals surface area contributed by atoms with Crippen molar-refractivity contribution in [2.75, 3.05) is 11.9 Å². The predicted molar refractivity (Wildman–Crippen MR) is 130 cm³/mol. The quantitative estimate of drug-likeness (QED) is 0.359. The van der Waals surface area contributed by atoms with Crippen LogP contribution in [-0.4, -0.2) is 27.7 Å². The van der Waals surface area contributed by atoms with Gasteiger partial charge in [-0.05, 0) is 66.9 Å². The van der Waals surface area contributed by atoms with Crippen molar-refractivity contribution >= 4 is 45.9 Å². The molecular formula is C25H23Cl2N3O2. The molecule has 164 valence electrons. The van der Waals surface area contributed by atoms with Crippen molar-refractivity contribution in [2.24, 2.45) is 0 Å². The fraction of sp³-hybridized carbons (Fsp3) is 0.200. The normalized spacial score (nSPS) is 11.2. The molecule has 4 aromatic rings. The van der Waals surface area contributed by atoms with E-state index < -0.39 is 5.97 Å². The van der Waals surface area contributed by atoms with Gasteiger partial charge in [0.15, 0.2) is 0 Å². The molecule has 0 bridgehead atoms. The van der Waals surface area contributed by atoms with Crippen LogP contribution in [0.2, 0.25) is 10.0 Å². The highest BCUT2D eigenvalue weighted by Crippen LogP contribution is 2.27. The first kappa shape index (κ1) is 22.2. The van der Waals surface area contributed by atoms with Crippen LogP contribution in [0, 0.1) is 13.8 Å². The van der Waals surface area contributed by atoms with E-state index in [4.69, 9.17) is 28.2 Å². The number of imidazole rings is 1. The van der Waals surface area contributed by atoms with E-state index in [0.29, 0.717) is 23.1 Å². The third-order valence-electron chi connectivity index (χ3n) is 5.59. The smallest absolute Gasteiger partial charge is 0.335 e. The summed E-state index contributed by atoms with van der Waals surface area (Å²) in [6.45, 7) is 5.28. The first-order valence-corrected chi connectivity index (χ1v) is 10.9. The van der Waals surface area contributed by atoms with Gasteiger partial charge in [0.25, 0.3) is 0 Å². The van der Waals surface area contributed by atoms with Crippen LogP contribution >= 0.6 is 23.2 Å². The zero-order valence-electron chi connectivity index (χ0n) is 18.1. The molecular weight excluding hydrogens is 445 g/mol. The number of hydrogen-bond acceptors (Lipinski definition) is 3. The van der Waals surface area contributed by atoms with Crippen LogP contribution in [-0.2, 0) is 13.1 Å². The number of nitrogens with zero attached hydrogens (tertiary/aromatic N) is 3. The molecule has 0 fully saturated rings. The predicted octanol–water partition coefficient (Wildman–Crippen LogP) is 6.34. The number of carboxylic acid groups (broad SMARTS) is 1. The van der Waals surface area contributed by atoms with E-state index in [2.05, 4.69) is 23.6 Å². The van der Waals surface area contributed by atoms with Gasteiger partial charge in [-0.15, -0.1) is 0 Å². The van der Waals surface area contributed by atoms with Gasteiger partial charge in [-0.1, -0.05) is 41.4 Å². The second-order valence-electron chi connectivity index (χ2n) is 7.97. The van der Waals surface area contributed by atoms with Gasteiger partial charge in [0.05, 0.1) is 23.1 Å². The Morgan fingerprint density at radius 2 is 1.88 bits per heavy atom. The van der Waals surface area contributed by atoms with Gasteiger partial charge >= 0.3 is 5.97 Å². The van der Waals surface area contributed by atoms with Crippen LogP contribution < -0.4 is 4.90 Å². The Bertz CT molecular complexity index is 1330. The lowest BCUT2D eigenvalue weighted by molar-refractivity contribution is 0.0697. The summed E-state index contributed by atoms with van der Waals surface area (Å²) in [6.07, 6.45) is 0. The lowest BCUT2D eigenvalue weighted by Gasteiger charge is -2.20. The van der Waals surface area contributed by atoms with Crippen LogP contribution in [0.3, 0.4) is 0 Å². The summed E-state index contributed by atoms with van der Waals surface area (Å²) in [4.78, 5) is 18.1. The minimum Gasteiger partial charge on any atom is -0.478 e. The molecule has 5 nitrogen and oxygen atoms in total. The third kappa shape index (κ3) is 4.45. The summed E-state index contributed by atoms with van der Waals surface area (Å²) in [5, 5.41) is 10.5. The van der Waals surface area contributed by atoms with Crippen molar-refractivity contribution in [1.82, 2.24) is 9.55 Å². The Kier molecular flexibility index (Phi) is 6.13. The molecule has 0 aliphatic heterocycles. The fourth-order valence-corrected chi connectivity index (χ4v) is 4.40. The van der Waals surface area contributed by atoms with Crippen LogP contribution in [0.15, 0.2) is 54.6 Å². The highest BCUT2D eigenvalue weighted by molar-refractivity contribution is 6.35. The number of aromatic carboxylic acids is 1. The van der Waals surface area contributed by atoms with E-state index in [1.54, 1.807) is 24.3 Å². The molecule has 1 N–H and O–H groups in total. The maximum absolute atomic E-state index is 11.3. The van der Waals surface area contributed by atoms with E-state index in [9.17, 15) is 9.90 Å². The van der Waals surface area contributed by atoms with Crippen molar-refractivity contribution in [3.8, 4) is 0 Å². The Morgan fingerprint density at radius 3 is 2.59 bits per heavy atom. The highest BCUT2D eigenvalue weighted by Gasteiger charge is 2.14. The Labute approximate surface area is 196 Å². The largest absolute Gasteiger partial charge is 0.478 e. The molecule has 0 aliphatic rings. The highest BCUT2D eigenvalue weighted by atomic mass is 35.5. The first-order chi connectivity index (χ1) is 15.2. The molecule has 0 saturated heterocycles. The Morgan fingerprint density at radius 1 is 1.09 bits per heavy atom. The first-order valence-electron chi connectivity index (χ1n) is 10.2. The number of aromatic nitrogens is 2. The van der Waals surface area contributed by atoms with E-state index in [-0.39, 0.29) is 5.56 Å². The topological polar surface area (TPSA) is 58.4 Å². The van der Waals surface area contributed by atoms with Crippen LogP contribution in [0.25, 0.3) is 11.0 Å². The van der Waals surface area contributed by atoms with Gasteiger partial charge in [0.2, 0.25) is 0 Å². The van der Waals surface area contributed by atoms with E-state index in [0.717, 1.165) is 39.2 Å². The lowest BCUT2D eigenvalue weighted by Crippen LogP contribution is -2.17. The second-order valence-corrected chi connectivity index (χ2v) is 8.82. The molecule has 4 rings (SSSR count). The van der Waals surface area contributed by atoms with E-state index >= 15 is 0 Å². The van der Waals surface area contributed by atoms with Gasteiger partial charge in [-0.3, -0.25) is 0 Å². The van der Waals surface area contributed by atoms with Gasteiger partial charge in [0.1, 0.15) is 5.82 Å². The fourth-order valence-electron chi connectivity index (χ4n) is 3.93. The average Bonchev–Trinajstić information content (AvgIpc) is 3.06. The molecule has 1 heterocycles. The Hall–Kier alpha value is -3.02. The average molecular weight is 468 g/mol. The van der Waals surface area contributed by atoms with Gasteiger partial charge in [-0.25, -0.2) is 9.78 Å². The van der Waals surface area contributed by atoms with Crippen molar-refractivity contribution in [1.29, 1.82) is 0 Å². The summed E-state index contributed by atoms with van der Waals surface area (Å²) < 4.78 is 2.16. The molecule has 7 heteroatoms. The molecule has 0 atom stereocenters. The Balaban J connectivity index is 1.69. The van der Waals surface area contributed by atoms with Crippen molar-refractivity contribution in [3.63, 3.8) is 0 Å². The summed E-state index contributed by atoms with van der Waals surface area (Å²) in [7, 11) is 1.95. The van der Waals surface area contributed by atoms with Crippen molar-refractivity contribution < 1.29 is 9.90 Å². The summed E-state index contributed by atoms with van der Waals surface area (Å²) in [6, 6.07) is 16.8. The summed E-state index contributed by atoms with van der Waals surface area (Å²) >= 11 is 12.5. The number of anilines is 1. The van der Waals surface area contributed by atoms with Crippen LogP contribution in [0.5, 0.6) is 0 Å². The molecule has 3 aromatic carbocycles. The third-order valence-corrected chi connectivity index (χ3v) is 6.18. The molecule has 1 aromatic heterocycles. The molecule has 32 heavy (non-hydrogen) atoms. The number of carboxylic acids is 1. The number of aryl methyl sites for hydroxylation is 2. The van der Waals surface area contributed by atoms with Gasteiger partial charge in [-0.2, -0.15) is 0 Å². The number of benzene rings is 3. The van der Waals surface area contributed by atoms with Crippen LogP contribution in [0.4, 0.5) is 5.69 Å². The molecule has 0 radical (unpaired) electrons. The van der Waals surface area contributed by atoms with E-state index in [1.807, 2.05) is 37.1 Å². The second kappa shape index (κ2) is 8.85. The lowest BCUT2D eigenvalue weighted by atomic mass is 10.1. The maximum Gasteiger partial charge on any atom is 0.335 e. The van der Waals surface area contributed by atoms with Crippen LogP contribution in [0.1, 0.15) is 32.9 Å². The molecule has 0 spiro atoms. The zero-order valence-corrected chi connectivity index (χ0v) is 19.6. The van der Waals surface area contributed by atoms with Gasteiger partial charge < -0.3 is 14.6 Å². The van der Waals surface area contributed by atoms with E-state index in [1.165, 1.54) is 0 Å². The van der Waals surface area contributed by atoms with Crippen molar-refractivity contribution in [2.45, 2.75) is 26.9 Å². The minimum atomic E-state index is -0.933. The summed E-state index contributed by atoms with van der Waals surface area (Å²) in [5.74, 6) is -0.0217. The molecule has 0 aliphatic carbocycles. The molecule has 0 unspecified atom stereocenters. The number of hydrogen-bond donors (Lipinski definition) is 1. The minimum absolute atomic E-state index is 0.273. The zero-order chi connectivity index (χ0) is 23.0. The number of halogens is 2. The number of carbonyl (C=O) groups is 1. The maximum atomic E-state index is 11.3. The molecule has 0 saturated carbocycles. The number of fused-ring (bicyclic) bond motifs is 1. The van der Waals surface area contributed by atoms with Crippen molar-refractivity contribution in [3.05, 3.63) is 92.7 Å². The number of rotatable bonds is 6. The monoisotopic (exact) mass is 467 g/mol. The standard InChI is InChI=1S/C25H23Cl2N3O2/c1-15-9-17(13-29(3)21-6-4-5-18(11-21)25(31)32)10-23-24(15)28-16(2)30(23)14-19-7-8-20(26)12-22(19)27/h4-12H,13-14H2,1-3H3,(H,31,32). The van der Waals surface area contributed by atoms with Gasteiger partial charge in [0, 0.05) is 29.3 Å².